The van der Waals surface area contributed by atoms with Crippen LogP contribution in [0.25, 0.3) is 22.3 Å². The Morgan fingerprint density at radius 2 is 1.53 bits per heavy atom. The molecule has 5 aromatic rings. The number of phosphoric acid groups is 3. The minimum atomic E-state index is -6.16. The number of amides is 1. The number of aromatic nitrogens is 10. The number of aromatic amines is 2. The SMILES string of the molecule is COC[C@H]1[C@@H](O)[C@H](n2c[n+](C)c3c(=O)[nH]c(N)nc32)O[C@@H]1COP(=O)([O-])OP(=O)(O)OP(=O)(O)OCC1O[C@@H](n2cnc3c(N)ncnc32)[C@H](OC)[C@@H]1CC(=O)NC[C@H]1O[C@@H](n2ccc(=O)[nH]c2=O)[C@H](O)[C@@H]1O. The Kier molecular flexibility index (Phi) is 15.7. The molecule has 0 aromatic carbocycles. The zero-order chi connectivity index (χ0) is 52.9. The molecule has 8 rings (SSSR count). The molecule has 5 aromatic heterocycles. The molecule has 0 radical (unpaired) electrons. The second kappa shape index (κ2) is 21.2. The zero-order valence-corrected chi connectivity index (χ0v) is 40.8. The van der Waals surface area contributed by atoms with Crippen molar-refractivity contribution >= 4 is 63.5 Å². The van der Waals surface area contributed by atoms with Gasteiger partial charge < -0.3 is 75.0 Å². The molecule has 1 amide bonds. The number of phosphoric ester groups is 2. The molecule has 73 heavy (non-hydrogen) atoms. The first-order valence-corrected chi connectivity index (χ1v) is 25.8. The lowest BCUT2D eigenvalue weighted by Gasteiger charge is -2.27. The number of rotatable bonds is 20. The number of aliphatic hydroxyl groups is 3. The zero-order valence-electron chi connectivity index (χ0n) is 38.1. The summed E-state index contributed by atoms with van der Waals surface area (Å²) < 4.78 is 90.9. The van der Waals surface area contributed by atoms with E-state index in [1.54, 1.807) is 0 Å². The summed E-state index contributed by atoms with van der Waals surface area (Å²) in [6.45, 7) is -2.72. The quantitative estimate of drug-likeness (QED) is 0.0258. The highest BCUT2D eigenvalue weighted by molar-refractivity contribution is 7.66. The van der Waals surface area contributed by atoms with Crippen molar-refractivity contribution in [3.63, 3.8) is 0 Å². The van der Waals surface area contributed by atoms with Crippen LogP contribution in [0.3, 0.4) is 0 Å². The standard InChI is InChI=1S/C35H48N13O22P3/c1-45-13-48(29-22(45)30(54)44-34(37)43-29)31-23(51)15(8-62-2)18(67-31)10-65-72(58,59)70-73(60,61)69-71(56,57)64-9-17-14(26(63-3)33(68-17)47-12-41-21-27(36)39-11-40-28(21)47)6-20(50)38-7-16-24(52)25(53)32(66-16)46-5-4-19(49)42-35(46)55/h4-5,11-18,23-26,31-33,51-53H,6-10H2,1-3H3,(H9-,36,37,38,39,40,42,43,44,49,50,54,55,56,57,58,59,60,61)/t14-,15-,16-,17?,18-,23-,24-,25-,26-,31-,32-,33-/m1/s1. The molecule has 0 spiro atoms. The largest absolute Gasteiger partial charge is 0.756 e. The number of nitrogens with two attached hydrogens (primary N) is 2. The van der Waals surface area contributed by atoms with E-state index in [1.807, 2.05) is 4.98 Å². The van der Waals surface area contributed by atoms with Gasteiger partial charge in [0.2, 0.25) is 24.4 Å². The van der Waals surface area contributed by atoms with Gasteiger partial charge in [-0.15, -0.1) is 0 Å². The van der Waals surface area contributed by atoms with Crippen LogP contribution >= 0.6 is 23.5 Å². The van der Waals surface area contributed by atoms with Crippen LogP contribution in [-0.2, 0) is 66.9 Å². The Labute approximate surface area is 407 Å². The van der Waals surface area contributed by atoms with E-state index in [2.05, 4.69) is 38.9 Å². The fraction of sp³-hybridized carbons (Fsp3) is 0.571. The molecule has 35 nitrogen and oxygen atoms in total. The Morgan fingerprint density at radius 1 is 0.849 bits per heavy atom. The number of nitrogens with one attached hydrogen (secondary N) is 3. The number of H-pyrrole nitrogens is 2. The van der Waals surface area contributed by atoms with Gasteiger partial charge >= 0.3 is 26.9 Å². The third-order valence-corrected chi connectivity index (χ3v) is 16.2. The summed E-state index contributed by atoms with van der Waals surface area (Å²) in [7, 11) is -14.0. The molecule has 12 N–H and O–H groups in total. The van der Waals surface area contributed by atoms with E-state index in [-0.39, 0.29) is 40.7 Å². The summed E-state index contributed by atoms with van der Waals surface area (Å²) in [5.41, 5.74) is 9.68. The van der Waals surface area contributed by atoms with Crippen molar-refractivity contribution in [2.75, 3.05) is 52.1 Å². The number of aliphatic hydroxyl groups excluding tert-OH is 3. The number of nitrogens with zero attached hydrogens (tertiary/aromatic N) is 8. The van der Waals surface area contributed by atoms with Crippen LogP contribution in [0.5, 0.6) is 0 Å². The van der Waals surface area contributed by atoms with Gasteiger partial charge in [0.05, 0.1) is 45.4 Å². The van der Waals surface area contributed by atoms with Crippen LogP contribution < -0.4 is 43.1 Å². The molecule has 3 fully saturated rings. The van der Waals surface area contributed by atoms with Gasteiger partial charge in [-0.1, -0.05) is 0 Å². The third kappa shape index (κ3) is 11.4. The number of carbonyl (C=O) groups excluding carboxylic acids is 1. The minimum absolute atomic E-state index is 0.0148. The molecular formula is C35H48N13O22P3. The van der Waals surface area contributed by atoms with Crippen LogP contribution in [0.15, 0.2) is 45.6 Å². The molecule has 3 aliphatic rings. The molecule has 4 unspecified atom stereocenters. The van der Waals surface area contributed by atoms with Crippen molar-refractivity contribution in [3.8, 4) is 0 Å². The normalized spacial score (nSPS) is 29.9. The van der Waals surface area contributed by atoms with Gasteiger partial charge in [0.1, 0.15) is 42.4 Å². The summed E-state index contributed by atoms with van der Waals surface area (Å²) in [4.78, 5) is 105. The third-order valence-electron chi connectivity index (χ3n) is 12.0. The van der Waals surface area contributed by atoms with E-state index in [9.17, 15) is 62.9 Å². The fourth-order valence-corrected chi connectivity index (χ4v) is 12.2. The molecule has 8 heterocycles. The number of hydrogen-bond acceptors (Lipinski definition) is 26. The van der Waals surface area contributed by atoms with E-state index < -0.39 is 146 Å². The van der Waals surface area contributed by atoms with E-state index in [0.29, 0.717) is 0 Å². The molecule has 0 bridgehead atoms. The van der Waals surface area contributed by atoms with Gasteiger partial charge in [-0.3, -0.25) is 42.6 Å². The fourth-order valence-electron chi connectivity index (χ4n) is 8.71. The molecule has 0 aliphatic carbocycles. The lowest BCUT2D eigenvalue weighted by molar-refractivity contribution is -0.646. The molecule has 15 atom stereocenters. The molecule has 38 heteroatoms. The van der Waals surface area contributed by atoms with Crippen molar-refractivity contribution < 1.29 is 94.4 Å². The van der Waals surface area contributed by atoms with Crippen LogP contribution in [0.4, 0.5) is 11.8 Å². The molecule has 3 saturated heterocycles. The molecular weight excluding hydrogens is 1050 g/mol. The van der Waals surface area contributed by atoms with Crippen molar-refractivity contribution in [3.05, 3.63) is 62.4 Å². The highest BCUT2D eigenvalue weighted by atomic mass is 31.3. The molecule has 0 saturated carbocycles. The van der Waals surface area contributed by atoms with Crippen molar-refractivity contribution in [1.29, 1.82) is 0 Å². The van der Waals surface area contributed by atoms with Crippen molar-refractivity contribution in [1.82, 2.24) is 48.9 Å². The summed E-state index contributed by atoms with van der Waals surface area (Å²) in [6, 6.07) is 0.988. The van der Waals surface area contributed by atoms with Crippen LogP contribution in [0.1, 0.15) is 25.1 Å². The predicted molar refractivity (Wildman–Crippen MR) is 235 cm³/mol. The van der Waals surface area contributed by atoms with Gasteiger partial charge in [0, 0.05) is 51.3 Å². The number of aryl methyl sites for hydroxylation is 1. The van der Waals surface area contributed by atoms with E-state index in [0.717, 1.165) is 23.2 Å². The number of nitrogen functional groups attached to an aromatic ring is 2. The van der Waals surface area contributed by atoms with E-state index in [4.69, 9.17) is 44.2 Å². The van der Waals surface area contributed by atoms with Crippen LogP contribution in [0, 0.1) is 11.8 Å². The summed E-state index contributed by atoms with van der Waals surface area (Å²) in [5.74, 6) is -3.25. The summed E-state index contributed by atoms with van der Waals surface area (Å²) >= 11 is 0. The summed E-state index contributed by atoms with van der Waals surface area (Å²) in [5, 5.41) is 35.1. The van der Waals surface area contributed by atoms with Crippen LogP contribution in [0.2, 0.25) is 0 Å². The first-order valence-electron chi connectivity index (χ1n) is 21.4. The molecule has 400 valence electrons. The average Bonchev–Trinajstić information content (AvgIpc) is 4.10. The number of anilines is 2. The lowest BCUT2D eigenvalue weighted by Crippen LogP contribution is -2.42. The number of ether oxygens (including phenoxy) is 5. The highest BCUT2D eigenvalue weighted by Crippen LogP contribution is 2.67. The Balaban J connectivity index is 0.925. The number of carbonyl (C=O) groups is 1. The van der Waals surface area contributed by atoms with Crippen LogP contribution in [-0.4, -0.2) is 158 Å². The second-order valence-corrected chi connectivity index (χ2v) is 21.2. The second-order valence-electron chi connectivity index (χ2n) is 16.7. The minimum Gasteiger partial charge on any atom is -0.756 e. The highest BCUT2D eigenvalue weighted by Gasteiger charge is 2.51. The first-order chi connectivity index (χ1) is 34.4. The Bertz CT molecular complexity index is 3190. The molecule has 3 aliphatic heterocycles. The monoisotopic (exact) mass is 1100 g/mol. The topological polar surface area (TPSA) is 493 Å². The average molecular weight is 1100 g/mol. The predicted octanol–water partition coefficient (Wildman–Crippen LogP) is -4.99. The number of methoxy groups -OCH3 is 2. The van der Waals surface area contributed by atoms with Gasteiger partial charge in [-0.25, -0.2) is 37.8 Å². The van der Waals surface area contributed by atoms with E-state index >= 15 is 0 Å². The van der Waals surface area contributed by atoms with Crippen molar-refractivity contribution in [2.45, 2.75) is 67.8 Å². The Morgan fingerprint density at radius 3 is 2.25 bits per heavy atom. The van der Waals surface area contributed by atoms with Gasteiger partial charge in [0.15, 0.2) is 23.9 Å². The summed E-state index contributed by atoms with van der Waals surface area (Å²) in [6.07, 6.45) is -9.85. The van der Waals surface area contributed by atoms with Gasteiger partial charge in [-0.2, -0.15) is 13.9 Å². The van der Waals surface area contributed by atoms with Gasteiger partial charge in [0.25, 0.3) is 24.5 Å². The number of fused-ring (bicyclic) bond motifs is 2. The maximum absolute atomic E-state index is 13.6. The Hall–Kier alpha value is -5.26. The van der Waals surface area contributed by atoms with Crippen molar-refractivity contribution in [2.24, 2.45) is 18.9 Å². The first kappa shape index (κ1) is 54.0. The smallest absolute Gasteiger partial charge is 0.487 e. The maximum Gasteiger partial charge on any atom is 0.487 e. The van der Waals surface area contributed by atoms with Gasteiger partial charge in [-0.05, 0) is 0 Å². The lowest BCUT2D eigenvalue weighted by atomic mass is 9.93. The number of hydrogen-bond donors (Lipinski definition) is 10. The van der Waals surface area contributed by atoms with E-state index in [1.165, 1.54) is 47.6 Å². The maximum atomic E-state index is 13.6. The number of imidazole rings is 2.